The van der Waals surface area contributed by atoms with Gasteiger partial charge in [0.05, 0.1) is 4.47 Å². The molecular formula is C13H18BrNO2. The Bertz CT molecular complexity index is 389. The molecule has 1 rings (SSSR count). The molecule has 0 bridgehead atoms. The van der Waals surface area contributed by atoms with Gasteiger partial charge in [-0.2, -0.15) is 0 Å². The highest BCUT2D eigenvalue weighted by atomic mass is 79.9. The largest absolute Gasteiger partial charge is 0.483 e. The topological polar surface area (TPSA) is 29.5 Å². The molecule has 0 radical (unpaired) electrons. The van der Waals surface area contributed by atoms with Crippen LogP contribution in [0.5, 0.6) is 5.75 Å². The fraction of sp³-hybridized carbons (Fsp3) is 0.462. The van der Waals surface area contributed by atoms with E-state index >= 15 is 0 Å². The summed E-state index contributed by atoms with van der Waals surface area (Å²) in [6, 6.07) is 5.83. The number of nitrogens with zero attached hydrogens (tertiary/aromatic N) is 1. The summed E-state index contributed by atoms with van der Waals surface area (Å²) in [4.78, 5) is 13.5. The summed E-state index contributed by atoms with van der Waals surface area (Å²) < 4.78 is 6.40. The van der Waals surface area contributed by atoms with E-state index in [9.17, 15) is 4.79 Å². The molecule has 3 nitrogen and oxygen atoms in total. The number of amides is 1. The second-order valence-corrected chi connectivity index (χ2v) is 4.64. The van der Waals surface area contributed by atoms with Crippen molar-refractivity contribution in [2.24, 2.45) is 0 Å². The van der Waals surface area contributed by atoms with Gasteiger partial charge in [0, 0.05) is 13.1 Å². The lowest BCUT2D eigenvalue weighted by Crippen LogP contribution is -2.34. The molecule has 1 aromatic rings. The normalized spacial score (nSPS) is 10.1. The highest BCUT2D eigenvalue weighted by Gasteiger charge is 2.11. The fourth-order valence-corrected chi connectivity index (χ4v) is 1.89. The smallest absolute Gasteiger partial charge is 0.260 e. The first-order valence-corrected chi connectivity index (χ1v) is 6.54. The molecule has 4 heteroatoms. The van der Waals surface area contributed by atoms with E-state index < -0.39 is 0 Å². The van der Waals surface area contributed by atoms with Gasteiger partial charge in [0.1, 0.15) is 5.75 Å². The standard InChI is InChI=1S/C13H18BrNO2/c1-4-15(5-2)13(16)9-17-12-8-10(3)6-7-11(12)14/h6-8H,4-5,9H2,1-3H3. The molecule has 0 aliphatic carbocycles. The fourth-order valence-electron chi connectivity index (χ4n) is 1.53. The summed E-state index contributed by atoms with van der Waals surface area (Å²) in [5.74, 6) is 0.730. The van der Waals surface area contributed by atoms with Gasteiger partial charge < -0.3 is 9.64 Å². The third-order valence-electron chi connectivity index (χ3n) is 2.55. The van der Waals surface area contributed by atoms with Crippen LogP contribution in [0.1, 0.15) is 19.4 Å². The Balaban J connectivity index is 2.61. The molecule has 0 saturated carbocycles. The lowest BCUT2D eigenvalue weighted by molar-refractivity contribution is -0.132. The Morgan fingerprint density at radius 3 is 2.59 bits per heavy atom. The summed E-state index contributed by atoms with van der Waals surface area (Å²) in [6.07, 6.45) is 0. The maximum atomic E-state index is 11.8. The molecular weight excluding hydrogens is 282 g/mol. The van der Waals surface area contributed by atoms with Gasteiger partial charge in [-0.3, -0.25) is 4.79 Å². The third kappa shape index (κ3) is 4.04. The Morgan fingerprint density at radius 2 is 2.00 bits per heavy atom. The number of hydrogen-bond donors (Lipinski definition) is 0. The summed E-state index contributed by atoms with van der Waals surface area (Å²) in [5.41, 5.74) is 1.11. The molecule has 0 aliphatic heterocycles. The predicted molar refractivity (Wildman–Crippen MR) is 72.3 cm³/mol. The first kappa shape index (κ1) is 14.0. The number of ether oxygens (including phenoxy) is 1. The SMILES string of the molecule is CCN(CC)C(=O)COc1cc(C)ccc1Br. The minimum atomic E-state index is 0.0170. The molecule has 1 aromatic carbocycles. The molecule has 1 amide bonds. The number of aryl methyl sites for hydroxylation is 1. The van der Waals surface area contributed by atoms with Crippen molar-refractivity contribution in [2.45, 2.75) is 20.8 Å². The van der Waals surface area contributed by atoms with Gasteiger partial charge in [-0.1, -0.05) is 6.07 Å². The highest BCUT2D eigenvalue weighted by molar-refractivity contribution is 9.10. The van der Waals surface area contributed by atoms with Crippen LogP contribution in [-0.2, 0) is 4.79 Å². The van der Waals surface area contributed by atoms with Crippen molar-refractivity contribution in [1.82, 2.24) is 4.90 Å². The van der Waals surface area contributed by atoms with E-state index in [-0.39, 0.29) is 12.5 Å². The molecule has 0 fully saturated rings. The Labute approximate surface area is 111 Å². The molecule has 94 valence electrons. The van der Waals surface area contributed by atoms with Gasteiger partial charge in [-0.25, -0.2) is 0 Å². The van der Waals surface area contributed by atoms with Gasteiger partial charge in [0.15, 0.2) is 6.61 Å². The van der Waals surface area contributed by atoms with E-state index in [1.807, 2.05) is 39.0 Å². The van der Waals surface area contributed by atoms with Gasteiger partial charge in [0.25, 0.3) is 5.91 Å². The van der Waals surface area contributed by atoms with Crippen molar-refractivity contribution in [3.8, 4) is 5.75 Å². The van der Waals surface area contributed by atoms with Crippen LogP contribution < -0.4 is 4.74 Å². The second-order valence-electron chi connectivity index (χ2n) is 3.79. The summed E-state index contributed by atoms with van der Waals surface area (Å²) >= 11 is 3.40. The van der Waals surface area contributed by atoms with Gasteiger partial charge in [-0.15, -0.1) is 0 Å². The molecule has 0 saturated heterocycles. The van der Waals surface area contributed by atoms with Crippen molar-refractivity contribution >= 4 is 21.8 Å². The third-order valence-corrected chi connectivity index (χ3v) is 3.21. The van der Waals surface area contributed by atoms with Crippen molar-refractivity contribution in [3.63, 3.8) is 0 Å². The molecule has 17 heavy (non-hydrogen) atoms. The number of halogens is 1. The van der Waals surface area contributed by atoms with Crippen LogP contribution in [0.4, 0.5) is 0 Å². The molecule has 0 aromatic heterocycles. The van der Waals surface area contributed by atoms with E-state index in [1.54, 1.807) is 4.90 Å². The van der Waals surface area contributed by atoms with Gasteiger partial charge >= 0.3 is 0 Å². The molecule has 0 N–H and O–H groups in total. The molecule has 0 unspecified atom stereocenters. The zero-order chi connectivity index (χ0) is 12.8. The average Bonchev–Trinajstić information content (AvgIpc) is 2.32. The van der Waals surface area contributed by atoms with E-state index in [0.717, 1.165) is 10.0 Å². The molecule has 0 heterocycles. The van der Waals surface area contributed by atoms with Crippen LogP contribution in [0.15, 0.2) is 22.7 Å². The zero-order valence-electron chi connectivity index (χ0n) is 10.5. The van der Waals surface area contributed by atoms with Crippen LogP contribution in [0, 0.1) is 6.92 Å². The van der Waals surface area contributed by atoms with E-state index in [0.29, 0.717) is 18.8 Å². The Hall–Kier alpha value is -1.03. The molecule has 0 aliphatic rings. The van der Waals surface area contributed by atoms with E-state index in [4.69, 9.17) is 4.74 Å². The first-order valence-electron chi connectivity index (χ1n) is 5.75. The summed E-state index contributed by atoms with van der Waals surface area (Å²) in [7, 11) is 0. The number of carbonyl (C=O) groups is 1. The minimum absolute atomic E-state index is 0.0170. The number of hydrogen-bond acceptors (Lipinski definition) is 2. The molecule has 0 atom stereocenters. The average molecular weight is 300 g/mol. The van der Waals surface area contributed by atoms with Crippen LogP contribution >= 0.6 is 15.9 Å². The highest BCUT2D eigenvalue weighted by Crippen LogP contribution is 2.25. The van der Waals surface area contributed by atoms with Crippen molar-refractivity contribution in [2.75, 3.05) is 19.7 Å². The van der Waals surface area contributed by atoms with Crippen molar-refractivity contribution in [3.05, 3.63) is 28.2 Å². The predicted octanol–water partition coefficient (Wildman–Crippen LogP) is 3.00. The summed E-state index contributed by atoms with van der Waals surface area (Å²) in [5, 5.41) is 0. The van der Waals surface area contributed by atoms with Crippen LogP contribution in [0.2, 0.25) is 0 Å². The lowest BCUT2D eigenvalue weighted by atomic mass is 10.2. The lowest BCUT2D eigenvalue weighted by Gasteiger charge is -2.19. The van der Waals surface area contributed by atoms with Gasteiger partial charge in [-0.05, 0) is 54.4 Å². The number of benzene rings is 1. The van der Waals surface area contributed by atoms with E-state index in [2.05, 4.69) is 15.9 Å². The van der Waals surface area contributed by atoms with Crippen LogP contribution in [-0.4, -0.2) is 30.5 Å². The quantitative estimate of drug-likeness (QED) is 0.836. The first-order chi connectivity index (χ1) is 8.08. The maximum Gasteiger partial charge on any atom is 0.260 e. The van der Waals surface area contributed by atoms with E-state index in [1.165, 1.54) is 0 Å². The van der Waals surface area contributed by atoms with Crippen LogP contribution in [0.25, 0.3) is 0 Å². The number of likely N-dealkylation sites (N-methyl/N-ethyl adjacent to an activating group) is 1. The zero-order valence-corrected chi connectivity index (χ0v) is 12.1. The Kier molecular flexibility index (Phi) is 5.48. The maximum absolute atomic E-state index is 11.8. The molecule has 0 spiro atoms. The Morgan fingerprint density at radius 1 is 1.35 bits per heavy atom. The van der Waals surface area contributed by atoms with Gasteiger partial charge in [0.2, 0.25) is 0 Å². The van der Waals surface area contributed by atoms with Crippen LogP contribution in [0.3, 0.4) is 0 Å². The minimum Gasteiger partial charge on any atom is -0.483 e. The monoisotopic (exact) mass is 299 g/mol. The van der Waals surface area contributed by atoms with Crippen molar-refractivity contribution < 1.29 is 9.53 Å². The second kappa shape index (κ2) is 6.64. The number of carbonyl (C=O) groups excluding carboxylic acids is 1. The number of rotatable bonds is 5. The van der Waals surface area contributed by atoms with Crippen molar-refractivity contribution in [1.29, 1.82) is 0 Å². The summed E-state index contributed by atoms with van der Waals surface area (Å²) in [6.45, 7) is 7.44.